The summed E-state index contributed by atoms with van der Waals surface area (Å²) >= 11 is 0. The molecule has 11 heteroatoms. The second kappa shape index (κ2) is 14.4. The fourth-order valence-corrected chi connectivity index (χ4v) is 6.38. The van der Waals surface area contributed by atoms with Gasteiger partial charge in [-0.25, -0.2) is 19.2 Å². The van der Waals surface area contributed by atoms with Crippen molar-refractivity contribution in [1.29, 1.82) is 5.26 Å². The number of imidazole rings is 1. The fraction of sp³-hybridized carbons (Fsp3) is 0.316. The highest BCUT2D eigenvalue weighted by Gasteiger charge is 2.27. The molecule has 1 N–H and O–H groups in total. The molecule has 0 radical (unpaired) electrons. The predicted molar refractivity (Wildman–Crippen MR) is 179 cm³/mol. The molecule has 49 heavy (non-hydrogen) atoms. The summed E-state index contributed by atoms with van der Waals surface area (Å²) in [5, 5.41) is 18.9. The number of likely N-dealkylation sites (tertiary alicyclic amines) is 1. The normalized spacial score (nSPS) is 16.6. The average Bonchev–Trinajstić information content (AvgIpc) is 3.45. The molecule has 1 atom stereocenters. The number of piperidine rings is 1. The molecule has 2 fully saturated rings. The minimum absolute atomic E-state index is 0.0201. The van der Waals surface area contributed by atoms with Crippen LogP contribution in [0.25, 0.3) is 11.0 Å². The summed E-state index contributed by atoms with van der Waals surface area (Å²) in [5.74, 6) is 0.467. The standard InChI is InChI=1S/C38H36FN5O5/c39-31-17-26(20-40)9-10-28(31)24-49-36-8-4-7-32(41-36)27-11-14-43(15-12-27)22-35-42-37-33(44(35)21-30-13-16-47-30)18-29(38(45)46)19-34(37)48-23-25-5-2-1-3-6-25/h1-10,17-19,27,30H,11-16,21-24H2,(H,45,46). The van der Waals surface area contributed by atoms with Crippen molar-refractivity contribution in [1.82, 2.24) is 19.4 Å². The van der Waals surface area contributed by atoms with E-state index < -0.39 is 11.8 Å². The highest BCUT2D eigenvalue weighted by atomic mass is 19.1. The summed E-state index contributed by atoms with van der Waals surface area (Å²) in [5.41, 5.74) is 4.07. The lowest BCUT2D eigenvalue weighted by Gasteiger charge is -2.32. The van der Waals surface area contributed by atoms with E-state index in [1.54, 1.807) is 30.3 Å². The minimum atomic E-state index is -1.02. The maximum atomic E-state index is 14.3. The van der Waals surface area contributed by atoms with Crippen LogP contribution in [0, 0.1) is 17.1 Å². The van der Waals surface area contributed by atoms with Gasteiger partial charge in [0.05, 0.1) is 41.9 Å². The quantitative estimate of drug-likeness (QED) is 0.160. The zero-order valence-corrected chi connectivity index (χ0v) is 26.9. The van der Waals surface area contributed by atoms with Gasteiger partial charge in [0.25, 0.3) is 0 Å². The molecule has 1 unspecified atom stereocenters. The topological polar surface area (TPSA) is 123 Å². The molecule has 3 aromatic carbocycles. The molecule has 2 aliphatic heterocycles. The Balaban J connectivity index is 1.06. The number of ether oxygens (including phenoxy) is 3. The second-order valence-electron chi connectivity index (χ2n) is 12.5. The Morgan fingerprint density at radius 1 is 0.980 bits per heavy atom. The maximum Gasteiger partial charge on any atom is 0.335 e. The summed E-state index contributed by atoms with van der Waals surface area (Å²) in [6, 6.07) is 25.0. The van der Waals surface area contributed by atoms with Crippen molar-refractivity contribution in [3.05, 3.63) is 118 Å². The third kappa shape index (κ3) is 7.41. The van der Waals surface area contributed by atoms with Crippen LogP contribution in [0.5, 0.6) is 11.6 Å². The molecular weight excluding hydrogens is 625 g/mol. The number of pyridine rings is 1. The van der Waals surface area contributed by atoms with Crippen molar-refractivity contribution in [2.45, 2.75) is 57.6 Å². The Kier molecular flexibility index (Phi) is 9.50. The molecule has 4 heterocycles. The van der Waals surface area contributed by atoms with E-state index >= 15 is 0 Å². The highest BCUT2D eigenvalue weighted by Crippen LogP contribution is 2.33. The Morgan fingerprint density at radius 2 is 1.80 bits per heavy atom. The molecule has 7 rings (SSSR count). The lowest BCUT2D eigenvalue weighted by Crippen LogP contribution is -2.35. The minimum Gasteiger partial charge on any atom is -0.487 e. The van der Waals surface area contributed by atoms with Crippen LogP contribution in [0.1, 0.15) is 63.7 Å². The van der Waals surface area contributed by atoms with Gasteiger partial charge in [-0.1, -0.05) is 42.5 Å². The number of nitriles is 1. The van der Waals surface area contributed by atoms with E-state index in [9.17, 15) is 14.3 Å². The van der Waals surface area contributed by atoms with E-state index in [1.807, 2.05) is 48.5 Å². The summed E-state index contributed by atoms with van der Waals surface area (Å²) in [4.78, 5) is 24.3. The Bertz CT molecular complexity index is 2000. The zero-order chi connectivity index (χ0) is 33.7. The highest BCUT2D eigenvalue weighted by molar-refractivity contribution is 5.95. The van der Waals surface area contributed by atoms with Crippen molar-refractivity contribution in [2.24, 2.45) is 0 Å². The van der Waals surface area contributed by atoms with Gasteiger partial charge in [-0.05, 0) is 68.2 Å². The molecule has 0 aliphatic carbocycles. The van der Waals surface area contributed by atoms with E-state index in [-0.39, 0.29) is 29.8 Å². The van der Waals surface area contributed by atoms with Gasteiger partial charge in [0, 0.05) is 29.8 Å². The van der Waals surface area contributed by atoms with Gasteiger partial charge in [0.15, 0.2) is 0 Å². The molecule has 2 aromatic heterocycles. The van der Waals surface area contributed by atoms with Crippen LogP contribution >= 0.6 is 0 Å². The first-order valence-corrected chi connectivity index (χ1v) is 16.5. The summed E-state index contributed by atoms with van der Waals surface area (Å²) in [6.45, 7) is 3.88. The van der Waals surface area contributed by atoms with Gasteiger partial charge in [-0.15, -0.1) is 0 Å². The number of benzene rings is 3. The number of hydrogen-bond donors (Lipinski definition) is 1. The van der Waals surface area contributed by atoms with Gasteiger partial charge in [-0.3, -0.25) is 4.90 Å². The van der Waals surface area contributed by atoms with Crippen LogP contribution < -0.4 is 9.47 Å². The molecule has 5 aromatic rings. The Labute approximate surface area is 283 Å². The van der Waals surface area contributed by atoms with E-state index in [2.05, 4.69) is 9.47 Å². The molecule has 2 aliphatic rings. The van der Waals surface area contributed by atoms with Crippen LogP contribution in [0.4, 0.5) is 4.39 Å². The number of carboxylic acids is 1. The zero-order valence-electron chi connectivity index (χ0n) is 26.9. The molecule has 0 amide bonds. The molecule has 250 valence electrons. The second-order valence-corrected chi connectivity index (χ2v) is 12.5. The summed E-state index contributed by atoms with van der Waals surface area (Å²) in [7, 11) is 0. The van der Waals surface area contributed by atoms with Gasteiger partial charge in [-0.2, -0.15) is 5.26 Å². The SMILES string of the molecule is N#Cc1ccc(COc2cccc(C3CCN(Cc4nc5c(OCc6ccccc6)cc(C(=O)O)cc5n4CC4CCO4)CC3)n2)c(F)c1. The molecule has 10 nitrogen and oxygen atoms in total. The van der Waals surface area contributed by atoms with Crippen molar-refractivity contribution in [2.75, 3.05) is 19.7 Å². The summed E-state index contributed by atoms with van der Waals surface area (Å²) < 4.78 is 34.3. The smallest absolute Gasteiger partial charge is 0.335 e. The van der Waals surface area contributed by atoms with Crippen LogP contribution in [0.3, 0.4) is 0 Å². The number of aromatic carboxylic acids is 1. The Hall–Kier alpha value is -5.31. The van der Waals surface area contributed by atoms with Gasteiger partial charge in [0.1, 0.15) is 36.1 Å². The third-order valence-electron chi connectivity index (χ3n) is 9.24. The molecule has 0 saturated carbocycles. The number of carboxylic acid groups (broad SMARTS) is 1. The first-order chi connectivity index (χ1) is 23.9. The van der Waals surface area contributed by atoms with Gasteiger partial charge in [0.2, 0.25) is 5.88 Å². The maximum absolute atomic E-state index is 14.3. The lowest BCUT2D eigenvalue weighted by molar-refractivity contribution is -0.0592. The predicted octanol–water partition coefficient (Wildman–Crippen LogP) is 6.47. The number of carbonyl (C=O) groups is 1. The van der Waals surface area contributed by atoms with Gasteiger partial charge < -0.3 is 23.9 Å². The Morgan fingerprint density at radius 3 is 2.51 bits per heavy atom. The molecule has 0 spiro atoms. The molecular formula is C38H36FN5O5. The van der Waals surface area contributed by atoms with Crippen molar-refractivity contribution < 1.29 is 28.5 Å². The fourth-order valence-electron chi connectivity index (χ4n) is 6.38. The van der Waals surface area contributed by atoms with E-state index in [4.69, 9.17) is 29.4 Å². The van der Waals surface area contributed by atoms with E-state index in [1.165, 1.54) is 6.07 Å². The molecule has 0 bridgehead atoms. The number of fused-ring (bicyclic) bond motifs is 1. The van der Waals surface area contributed by atoms with Crippen LogP contribution in [-0.2, 0) is 31.0 Å². The number of rotatable bonds is 12. The van der Waals surface area contributed by atoms with Crippen LogP contribution in [-0.4, -0.2) is 56.3 Å². The number of halogens is 1. The first kappa shape index (κ1) is 32.2. The van der Waals surface area contributed by atoms with Crippen molar-refractivity contribution >= 4 is 17.0 Å². The number of aromatic nitrogens is 3. The first-order valence-electron chi connectivity index (χ1n) is 16.5. The van der Waals surface area contributed by atoms with Crippen LogP contribution in [0.15, 0.2) is 78.9 Å². The average molecular weight is 662 g/mol. The third-order valence-corrected chi connectivity index (χ3v) is 9.24. The van der Waals surface area contributed by atoms with Crippen LogP contribution in [0.2, 0.25) is 0 Å². The number of nitrogens with zero attached hydrogens (tertiary/aromatic N) is 5. The monoisotopic (exact) mass is 661 g/mol. The van der Waals surface area contributed by atoms with Crippen molar-refractivity contribution in [3.63, 3.8) is 0 Å². The largest absolute Gasteiger partial charge is 0.487 e. The van der Waals surface area contributed by atoms with E-state index in [0.29, 0.717) is 42.4 Å². The molecule has 2 saturated heterocycles. The van der Waals surface area contributed by atoms with Gasteiger partial charge >= 0.3 is 5.97 Å². The lowest BCUT2D eigenvalue weighted by atomic mass is 9.93. The van der Waals surface area contributed by atoms with Crippen molar-refractivity contribution in [3.8, 4) is 17.7 Å². The summed E-state index contributed by atoms with van der Waals surface area (Å²) in [6.07, 6.45) is 2.78. The number of hydrogen-bond acceptors (Lipinski definition) is 8. The van der Waals surface area contributed by atoms with E-state index in [0.717, 1.165) is 61.6 Å².